The van der Waals surface area contributed by atoms with Gasteiger partial charge in [0.05, 0.1) is 13.2 Å². The number of aryl methyl sites for hydroxylation is 1. The number of amides is 1. The number of methoxy groups -OCH3 is 1. The lowest BCUT2D eigenvalue weighted by molar-refractivity contribution is -0.117. The van der Waals surface area contributed by atoms with Gasteiger partial charge in [-0.3, -0.25) is 4.79 Å². The van der Waals surface area contributed by atoms with Gasteiger partial charge in [-0.05, 0) is 56.2 Å². The maximum atomic E-state index is 12.7. The first-order valence-corrected chi connectivity index (χ1v) is 9.75. The number of carbonyl (C=O) groups excluding carboxylic acids is 1. The van der Waals surface area contributed by atoms with Gasteiger partial charge in [-0.15, -0.1) is 0 Å². The Hall–Kier alpha value is -3.78. The van der Waals surface area contributed by atoms with Crippen LogP contribution < -0.4 is 10.1 Å². The lowest BCUT2D eigenvalue weighted by atomic mass is 10.1. The van der Waals surface area contributed by atoms with Gasteiger partial charge in [-0.1, -0.05) is 36.4 Å². The second-order valence-electron chi connectivity index (χ2n) is 7.14. The van der Waals surface area contributed by atoms with E-state index in [-0.39, 0.29) is 17.5 Å². The quantitative estimate of drug-likeness (QED) is 0.474. The first-order valence-electron chi connectivity index (χ1n) is 9.75. The summed E-state index contributed by atoms with van der Waals surface area (Å²) in [7, 11) is 1.64. The number of hydrogen-bond donors (Lipinski definition) is 1. The molecule has 1 heterocycles. The maximum absolute atomic E-state index is 12.7. The molecule has 0 aliphatic carbocycles. The number of aromatic nitrogens is 1. The Kier molecular flexibility index (Phi) is 6.38. The molecule has 0 aliphatic heterocycles. The molecule has 2 aromatic carbocycles. The van der Waals surface area contributed by atoms with E-state index in [1.54, 1.807) is 13.2 Å². The molecule has 30 heavy (non-hydrogen) atoms. The number of hydrogen-bond acceptors (Lipinski definition) is 3. The van der Waals surface area contributed by atoms with Crippen molar-refractivity contribution in [3.8, 4) is 17.5 Å². The molecule has 0 saturated carbocycles. The molecule has 3 rings (SSSR count). The lowest BCUT2D eigenvalue weighted by Gasteiger charge is -2.14. The molecule has 5 nitrogen and oxygen atoms in total. The number of ether oxygens (including phenoxy) is 1. The average molecular weight is 399 g/mol. The Morgan fingerprint density at radius 2 is 1.87 bits per heavy atom. The van der Waals surface area contributed by atoms with Crippen LogP contribution in [-0.2, 0) is 4.79 Å². The van der Waals surface area contributed by atoms with Crippen LogP contribution in [0.2, 0.25) is 0 Å². The normalized spacial score (nSPS) is 12.2. The van der Waals surface area contributed by atoms with E-state index in [1.807, 2.05) is 87.5 Å². The Bertz CT molecular complexity index is 1120. The van der Waals surface area contributed by atoms with Crippen LogP contribution in [0.4, 0.5) is 0 Å². The second-order valence-corrected chi connectivity index (χ2v) is 7.14. The van der Waals surface area contributed by atoms with Crippen LogP contribution in [0.15, 0.2) is 66.2 Å². The van der Waals surface area contributed by atoms with Gasteiger partial charge in [-0.2, -0.15) is 5.26 Å². The minimum atomic E-state index is -0.389. The second kappa shape index (κ2) is 9.15. The fourth-order valence-electron chi connectivity index (χ4n) is 3.48. The van der Waals surface area contributed by atoms with E-state index in [0.717, 1.165) is 34.0 Å². The third-order valence-corrected chi connectivity index (χ3v) is 5.09. The third kappa shape index (κ3) is 4.44. The molecule has 1 atom stereocenters. The summed E-state index contributed by atoms with van der Waals surface area (Å²) >= 11 is 0. The zero-order chi connectivity index (χ0) is 21.7. The highest BCUT2D eigenvalue weighted by Crippen LogP contribution is 2.25. The third-order valence-electron chi connectivity index (χ3n) is 5.09. The zero-order valence-corrected chi connectivity index (χ0v) is 17.6. The van der Waals surface area contributed by atoms with Crippen molar-refractivity contribution >= 4 is 12.0 Å². The molecule has 152 valence electrons. The summed E-state index contributed by atoms with van der Waals surface area (Å²) in [4.78, 5) is 12.7. The monoisotopic (exact) mass is 399 g/mol. The number of nitriles is 1. The lowest BCUT2D eigenvalue weighted by Crippen LogP contribution is -2.27. The SMILES string of the molecule is COc1cccc(-n2c(C)cc(/C=C(\C#N)C(=O)N[C@H](C)c3ccccc3)c2C)c1. The molecule has 3 aromatic rings. The molecule has 1 amide bonds. The van der Waals surface area contributed by atoms with Gasteiger partial charge in [0.2, 0.25) is 0 Å². The van der Waals surface area contributed by atoms with Crippen LogP contribution in [0, 0.1) is 25.2 Å². The summed E-state index contributed by atoms with van der Waals surface area (Å²) < 4.78 is 7.41. The van der Waals surface area contributed by atoms with Crippen molar-refractivity contribution in [2.75, 3.05) is 7.11 Å². The van der Waals surface area contributed by atoms with E-state index in [1.165, 1.54) is 0 Å². The molecule has 0 bridgehead atoms. The summed E-state index contributed by atoms with van der Waals surface area (Å²) in [6.45, 7) is 5.86. The zero-order valence-electron chi connectivity index (χ0n) is 17.6. The van der Waals surface area contributed by atoms with Crippen molar-refractivity contribution in [3.05, 3.63) is 88.8 Å². The molecule has 0 saturated heterocycles. The van der Waals surface area contributed by atoms with Crippen LogP contribution in [0.25, 0.3) is 11.8 Å². The molecule has 0 aliphatic rings. The fraction of sp³-hybridized carbons (Fsp3) is 0.200. The summed E-state index contributed by atoms with van der Waals surface area (Å²) in [5.41, 5.74) is 4.79. The molecule has 0 fully saturated rings. The highest BCUT2D eigenvalue weighted by atomic mass is 16.5. The van der Waals surface area contributed by atoms with Crippen LogP contribution in [0.5, 0.6) is 5.75 Å². The molecule has 0 spiro atoms. The van der Waals surface area contributed by atoms with Crippen LogP contribution >= 0.6 is 0 Å². The smallest absolute Gasteiger partial charge is 0.262 e. The molecule has 0 unspecified atom stereocenters. The van der Waals surface area contributed by atoms with E-state index in [4.69, 9.17) is 4.74 Å². The highest BCUT2D eigenvalue weighted by Gasteiger charge is 2.16. The number of nitrogens with zero attached hydrogens (tertiary/aromatic N) is 2. The van der Waals surface area contributed by atoms with Gasteiger partial charge >= 0.3 is 0 Å². The van der Waals surface area contributed by atoms with Gasteiger partial charge < -0.3 is 14.6 Å². The Morgan fingerprint density at radius 1 is 1.13 bits per heavy atom. The van der Waals surface area contributed by atoms with Crippen molar-refractivity contribution in [2.45, 2.75) is 26.8 Å². The van der Waals surface area contributed by atoms with E-state index in [2.05, 4.69) is 9.88 Å². The van der Waals surface area contributed by atoms with Gasteiger partial charge in [-0.25, -0.2) is 0 Å². The molecular formula is C25H25N3O2. The summed E-state index contributed by atoms with van der Waals surface area (Å²) in [5.74, 6) is 0.379. The number of nitrogens with one attached hydrogen (secondary N) is 1. The fourth-order valence-corrected chi connectivity index (χ4v) is 3.48. The minimum Gasteiger partial charge on any atom is -0.497 e. The van der Waals surface area contributed by atoms with Crippen LogP contribution in [0.1, 0.15) is 35.5 Å². The summed E-state index contributed by atoms with van der Waals surface area (Å²) in [5, 5.41) is 12.5. The number of rotatable bonds is 6. The van der Waals surface area contributed by atoms with Crippen molar-refractivity contribution in [1.29, 1.82) is 5.26 Å². The average Bonchev–Trinajstić information content (AvgIpc) is 3.05. The van der Waals surface area contributed by atoms with Crippen LogP contribution in [-0.4, -0.2) is 17.6 Å². The van der Waals surface area contributed by atoms with Gasteiger partial charge in [0, 0.05) is 23.1 Å². The molecular weight excluding hydrogens is 374 g/mol. The van der Waals surface area contributed by atoms with Crippen molar-refractivity contribution in [1.82, 2.24) is 9.88 Å². The van der Waals surface area contributed by atoms with Gasteiger partial charge in [0.1, 0.15) is 17.4 Å². The number of carbonyl (C=O) groups is 1. The molecule has 0 radical (unpaired) electrons. The Labute approximate surface area is 177 Å². The van der Waals surface area contributed by atoms with Crippen LogP contribution in [0.3, 0.4) is 0 Å². The van der Waals surface area contributed by atoms with E-state index in [9.17, 15) is 10.1 Å². The first-order chi connectivity index (χ1) is 14.4. The predicted octanol–water partition coefficient (Wildman–Crippen LogP) is 4.89. The topological polar surface area (TPSA) is 67.0 Å². The Balaban J connectivity index is 1.89. The molecule has 1 aromatic heterocycles. The predicted molar refractivity (Wildman–Crippen MR) is 118 cm³/mol. The Morgan fingerprint density at radius 3 is 2.53 bits per heavy atom. The minimum absolute atomic E-state index is 0.0728. The van der Waals surface area contributed by atoms with Gasteiger partial charge in [0.15, 0.2) is 0 Å². The molecule has 1 N–H and O–H groups in total. The largest absolute Gasteiger partial charge is 0.497 e. The molecule has 5 heteroatoms. The summed E-state index contributed by atoms with van der Waals surface area (Å²) in [6.07, 6.45) is 1.64. The summed E-state index contributed by atoms with van der Waals surface area (Å²) in [6, 6.07) is 21.3. The van der Waals surface area contributed by atoms with Gasteiger partial charge in [0.25, 0.3) is 5.91 Å². The van der Waals surface area contributed by atoms with E-state index < -0.39 is 0 Å². The van der Waals surface area contributed by atoms with E-state index in [0.29, 0.717) is 0 Å². The van der Waals surface area contributed by atoms with Crippen molar-refractivity contribution in [2.24, 2.45) is 0 Å². The maximum Gasteiger partial charge on any atom is 0.262 e. The van der Waals surface area contributed by atoms with E-state index >= 15 is 0 Å². The van der Waals surface area contributed by atoms with Crippen molar-refractivity contribution < 1.29 is 9.53 Å². The highest BCUT2D eigenvalue weighted by molar-refractivity contribution is 6.02. The number of benzene rings is 2. The standard InChI is InChI=1S/C25H25N3O2/c1-17-13-21(19(3)28(17)23-11-8-12-24(15-23)30-4)14-22(16-26)25(29)27-18(2)20-9-6-5-7-10-20/h5-15,18H,1-4H3,(H,27,29)/b22-14+/t18-/m1/s1. The van der Waals surface area contributed by atoms with Crippen molar-refractivity contribution in [3.63, 3.8) is 0 Å². The first kappa shape index (κ1) is 20.9.